The van der Waals surface area contributed by atoms with Crippen LogP contribution in [0.4, 0.5) is 0 Å². The molecule has 0 amide bonds. The highest BCUT2D eigenvalue weighted by Gasteiger charge is 2.01. The first kappa shape index (κ1) is 8.88. The molecule has 0 aromatic heterocycles. The van der Waals surface area contributed by atoms with Crippen molar-refractivity contribution in [2.45, 2.75) is 13.0 Å². The third kappa shape index (κ3) is 4.39. The van der Waals surface area contributed by atoms with Gasteiger partial charge in [0.05, 0.1) is 6.61 Å². The summed E-state index contributed by atoms with van der Waals surface area (Å²) < 4.78 is 0. The fraction of sp³-hybridized carbons (Fsp3) is 1.00. The Kier molecular flexibility index (Phi) is 4.67. The van der Waals surface area contributed by atoms with Crippen LogP contribution in [0.1, 0.15) is 6.92 Å². The molecular weight excluding hydrogens is 116 g/mol. The average Bonchev–Trinajstić information content (AvgIpc) is 1.87. The second-order valence-corrected chi connectivity index (χ2v) is 2.30. The van der Waals surface area contributed by atoms with Crippen molar-refractivity contribution in [1.82, 2.24) is 4.90 Å². The molecule has 0 rings (SSSR count). The van der Waals surface area contributed by atoms with Gasteiger partial charge in [-0.15, -0.1) is 0 Å². The van der Waals surface area contributed by atoms with Crippen LogP contribution in [0.3, 0.4) is 0 Å². The highest BCUT2D eigenvalue weighted by atomic mass is 16.3. The van der Waals surface area contributed by atoms with Crippen LogP contribution in [0.25, 0.3) is 0 Å². The summed E-state index contributed by atoms with van der Waals surface area (Å²) in [6, 6.07) is -0.0880. The molecule has 3 nitrogen and oxygen atoms in total. The van der Waals surface area contributed by atoms with E-state index in [0.717, 1.165) is 13.1 Å². The van der Waals surface area contributed by atoms with Gasteiger partial charge < -0.3 is 15.7 Å². The van der Waals surface area contributed by atoms with E-state index in [1.165, 1.54) is 0 Å². The van der Waals surface area contributed by atoms with Crippen LogP contribution < -0.4 is 5.73 Å². The molecule has 0 heterocycles. The molecule has 0 spiro atoms. The number of hydrogen-bond acceptors (Lipinski definition) is 3. The van der Waals surface area contributed by atoms with Gasteiger partial charge in [-0.2, -0.15) is 0 Å². The lowest BCUT2D eigenvalue weighted by atomic mass is 10.3. The lowest BCUT2D eigenvalue weighted by Gasteiger charge is -2.17. The van der Waals surface area contributed by atoms with Crippen molar-refractivity contribution in [2.24, 2.45) is 5.73 Å². The number of aliphatic hydroxyl groups is 1. The first-order valence-electron chi connectivity index (χ1n) is 3.25. The van der Waals surface area contributed by atoms with Gasteiger partial charge in [0.25, 0.3) is 0 Å². The fourth-order valence-electron chi connectivity index (χ4n) is 0.587. The van der Waals surface area contributed by atoms with Gasteiger partial charge in [0.1, 0.15) is 0 Å². The Labute approximate surface area is 56.5 Å². The Bertz CT molecular complexity index is 60.1. The van der Waals surface area contributed by atoms with Crippen molar-refractivity contribution in [1.29, 1.82) is 0 Å². The van der Waals surface area contributed by atoms with Gasteiger partial charge >= 0.3 is 0 Å². The Morgan fingerprint density at radius 2 is 2.22 bits per heavy atom. The lowest BCUT2D eigenvalue weighted by Crippen LogP contribution is -2.37. The first-order chi connectivity index (χ1) is 4.20. The van der Waals surface area contributed by atoms with E-state index in [0.29, 0.717) is 0 Å². The van der Waals surface area contributed by atoms with Crippen molar-refractivity contribution in [3.63, 3.8) is 0 Å². The molecule has 1 unspecified atom stereocenters. The van der Waals surface area contributed by atoms with Gasteiger partial charge in [0.2, 0.25) is 0 Å². The van der Waals surface area contributed by atoms with Crippen molar-refractivity contribution < 1.29 is 5.11 Å². The second-order valence-electron chi connectivity index (χ2n) is 2.30. The van der Waals surface area contributed by atoms with E-state index in [-0.39, 0.29) is 12.6 Å². The molecule has 0 fully saturated rings. The quantitative estimate of drug-likeness (QED) is 0.529. The monoisotopic (exact) mass is 132 g/mol. The molecule has 56 valence electrons. The van der Waals surface area contributed by atoms with Gasteiger partial charge in [0.15, 0.2) is 0 Å². The van der Waals surface area contributed by atoms with Gasteiger partial charge in [-0.05, 0) is 13.6 Å². The standard InChI is InChI=1S/C6H16N2O/c1-3-8(2)4-6(7)5-9/h6,9H,3-5,7H2,1-2H3. The Hall–Kier alpha value is -0.120. The van der Waals surface area contributed by atoms with Gasteiger partial charge in [-0.1, -0.05) is 6.92 Å². The molecule has 0 aromatic rings. The van der Waals surface area contributed by atoms with E-state index in [1.54, 1.807) is 0 Å². The highest BCUT2D eigenvalue weighted by molar-refractivity contribution is 4.62. The van der Waals surface area contributed by atoms with Gasteiger partial charge in [0, 0.05) is 12.6 Å². The molecule has 0 aliphatic carbocycles. The molecule has 3 N–H and O–H groups in total. The summed E-state index contributed by atoms with van der Waals surface area (Å²) in [4.78, 5) is 2.07. The number of hydrogen-bond donors (Lipinski definition) is 2. The predicted molar refractivity (Wildman–Crippen MR) is 38.2 cm³/mol. The second kappa shape index (κ2) is 4.73. The maximum absolute atomic E-state index is 8.53. The van der Waals surface area contributed by atoms with Crippen LogP contribution in [0.15, 0.2) is 0 Å². The number of likely N-dealkylation sites (N-methyl/N-ethyl adjacent to an activating group) is 1. The van der Waals surface area contributed by atoms with Crippen molar-refractivity contribution in [3.05, 3.63) is 0 Å². The minimum absolute atomic E-state index is 0.0737. The van der Waals surface area contributed by atoms with E-state index in [4.69, 9.17) is 10.8 Å². The Morgan fingerprint density at radius 3 is 2.56 bits per heavy atom. The van der Waals surface area contributed by atoms with Crippen LogP contribution in [-0.2, 0) is 0 Å². The van der Waals surface area contributed by atoms with E-state index >= 15 is 0 Å². The van der Waals surface area contributed by atoms with Crippen LogP contribution >= 0.6 is 0 Å². The third-order valence-corrected chi connectivity index (χ3v) is 1.32. The molecule has 0 aliphatic heterocycles. The normalized spacial score (nSPS) is 14.3. The third-order valence-electron chi connectivity index (χ3n) is 1.32. The molecule has 0 bridgehead atoms. The molecule has 0 aromatic carbocycles. The zero-order valence-electron chi connectivity index (χ0n) is 6.17. The largest absolute Gasteiger partial charge is 0.395 e. The maximum Gasteiger partial charge on any atom is 0.0595 e. The molecule has 0 radical (unpaired) electrons. The predicted octanol–water partition coefficient (Wildman–Crippen LogP) is -0.742. The SMILES string of the molecule is CCN(C)CC(N)CO. The van der Waals surface area contributed by atoms with Gasteiger partial charge in [-0.25, -0.2) is 0 Å². The van der Waals surface area contributed by atoms with Crippen LogP contribution in [-0.4, -0.2) is 42.8 Å². The zero-order valence-corrected chi connectivity index (χ0v) is 6.17. The minimum atomic E-state index is -0.0880. The summed E-state index contributed by atoms with van der Waals surface area (Å²) in [5, 5.41) is 8.53. The van der Waals surface area contributed by atoms with Gasteiger partial charge in [-0.3, -0.25) is 0 Å². The van der Waals surface area contributed by atoms with Crippen LogP contribution in [0.5, 0.6) is 0 Å². The first-order valence-corrected chi connectivity index (χ1v) is 3.25. The summed E-state index contributed by atoms with van der Waals surface area (Å²) in [5.74, 6) is 0. The summed E-state index contributed by atoms with van der Waals surface area (Å²) >= 11 is 0. The number of rotatable bonds is 4. The smallest absolute Gasteiger partial charge is 0.0595 e. The Balaban J connectivity index is 3.22. The minimum Gasteiger partial charge on any atom is -0.395 e. The molecule has 1 atom stereocenters. The van der Waals surface area contributed by atoms with Crippen LogP contribution in [0, 0.1) is 0 Å². The van der Waals surface area contributed by atoms with Crippen molar-refractivity contribution in [3.8, 4) is 0 Å². The highest BCUT2D eigenvalue weighted by Crippen LogP contribution is 1.83. The fourth-order valence-corrected chi connectivity index (χ4v) is 0.587. The topological polar surface area (TPSA) is 49.5 Å². The van der Waals surface area contributed by atoms with Crippen LogP contribution in [0.2, 0.25) is 0 Å². The molecule has 3 heteroatoms. The number of nitrogens with zero attached hydrogens (tertiary/aromatic N) is 1. The summed E-state index contributed by atoms with van der Waals surface area (Å²) in [6.07, 6.45) is 0. The van der Waals surface area contributed by atoms with Crippen molar-refractivity contribution >= 4 is 0 Å². The number of nitrogens with two attached hydrogens (primary N) is 1. The molecule has 0 aliphatic rings. The number of aliphatic hydroxyl groups excluding tert-OH is 1. The Morgan fingerprint density at radius 1 is 1.67 bits per heavy atom. The maximum atomic E-state index is 8.53. The van der Waals surface area contributed by atoms with E-state index < -0.39 is 0 Å². The zero-order chi connectivity index (χ0) is 7.28. The van der Waals surface area contributed by atoms with E-state index in [1.807, 2.05) is 7.05 Å². The molecule has 0 saturated carbocycles. The summed E-state index contributed by atoms with van der Waals surface area (Å²) in [5.41, 5.74) is 5.46. The van der Waals surface area contributed by atoms with E-state index in [2.05, 4.69) is 11.8 Å². The molecule has 9 heavy (non-hydrogen) atoms. The van der Waals surface area contributed by atoms with E-state index in [9.17, 15) is 0 Å². The molecular formula is C6H16N2O. The lowest BCUT2D eigenvalue weighted by molar-refractivity contribution is 0.226. The summed E-state index contributed by atoms with van der Waals surface area (Å²) in [6.45, 7) is 3.88. The van der Waals surface area contributed by atoms with Crippen molar-refractivity contribution in [2.75, 3.05) is 26.7 Å². The molecule has 0 saturated heterocycles. The average molecular weight is 132 g/mol. The summed E-state index contributed by atoms with van der Waals surface area (Å²) in [7, 11) is 1.98.